The minimum absolute atomic E-state index is 0.0726. The van der Waals surface area contributed by atoms with E-state index >= 15 is 0 Å². The summed E-state index contributed by atoms with van der Waals surface area (Å²) in [5, 5.41) is 3.09. The predicted molar refractivity (Wildman–Crippen MR) is 72.6 cm³/mol. The molecular weight excluding hydrogens is 242 g/mol. The second-order valence-corrected chi connectivity index (χ2v) is 6.18. The maximum atomic E-state index is 12.3. The smallest absolute Gasteiger partial charge is 0.225 e. The topological polar surface area (TPSA) is 67.6 Å². The number of amides is 1. The molecule has 108 valence electrons. The standard InChI is InChI=1S/C14H25N3O2/c15-13-11-2-1-10(9-11)12(13)14(18)16-3-4-17-5-7-19-8-6-17/h10-13H,1-9,15H2,(H,16,18)/t10-,11-,12+,13-/m0/s1. The van der Waals surface area contributed by atoms with E-state index < -0.39 is 0 Å². The molecule has 0 unspecified atom stereocenters. The van der Waals surface area contributed by atoms with Crippen LogP contribution in [0.3, 0.4) is 0 Å². The Morgan fingerprint density at radius 2 is 2.00 bits per heavy atom. The SMILES string of the molecule is N[C@H]1[C@H]2CC[C@@H](C2)[C@H]1C(=O)NCCN1CCOCC1. The Morgan fingerprint density at radius 3 is 2.68 bits per heavy atom. The fourth-order valence-electron chi connectivity index (χ4n) is 4.00. The molecule has 3 fully saturated rings. The average Bonchev–Trinajstić information content (AvgIpc) is 3.00. The molecule has 4 atom stereocenters. The van der Waals surface area contributed by atoms with E-state index in [0.29, 0.717) is 11.8 Å². The highest BCUT2D eigenvalue weighted by atomic mass is 16.5. The van der Waals surface area contributed by atoms with Crippen molar-refractivity contribution < 1.29 is 9.53 Å². The van der Waals surface area contributed by atoms with Crippen molar-refractivity contribution in [2.24, 2.45) is 23.5 Å². The molecule has 3 aliphatic rings. The minimum Gasteiger partial charge on any atom is -0.379 e. The average molecular weight is 267 g/mol. The summed E-state index contributed by atoms with van der Waals surface area (Å²) >= 11 is 0. The number of nitrogens with one attached hydrogen (secondary N) is 1. The lowest BCUT2D eigenvalue weighted by Gasteiger charge is -2.29. The first-order chi connectivity index (χ1) is 9.25. The van der Waals surface area contributed by atoms with Crippen molar-refractivity contribution in [2.45, 2.75) is 25.3 Å². The van der Waals surface area contributed by atoms with Gasteiger partial charge in [-0.05, 0) is 31.1 Å². The number of nitrogens with two attached hydrogens (primary N) is 1. The van der Waals surface area contributed by atoms with Gasteiger partial charge in [-0.1, -0.05) is 0 Å². The zero-order valence-electron chi connectivity index (χ0n) is 11.5. The van der Waals surface area contributed by atoms with Crippen molar-refractivity contribution in [3.8, 4) is 0 Å². The number of rotatable bonds is 4. The lowest BCUT2D eigenvalue weighted by Crippen LogP contribution is -2.47. The molecule has 5 heteroatoms. The number of carbonyl (C=O) groups excluding carboxylic acids is 1. The number of hydrogen-bond acceptors (Lipinski definition) is 4. The van der Waals surface area contributed by atoms with Crippen molar-refractivity contribution in [1.82, 2.24) is 10.2 Å². The molecule has 1 heterocycles. The normalized spacial score (nSPS) is 38.6. The molecule has 5 nitrogen and oxygen atoms in total. The van der Waals surface area contributed by atoms with E-state index in [1.165, 1.54) is 19.3 Å². The second kappa shape index (κ2) is 5.77. The molecular formula is C14H25N3O2. The Morgan fingerprint density at radius 1 is 1.26 bits per heavy atom. The number of fused-ring (bicyclic) bond motifs is 2. The number of ether oxygens (including phenoxy) is 1. The van der Waals surface area contributed by atoms with Gasteiger partial charge in [-0.2, -0.15) is 0 Å². The van der Waals surface area contributed by atoms with Gasteiger partial charge in [0, 0.05) is 32.2 Å². The molecule has 1 saturated heterocycles. The highest BCUT2D eigenvalue weighted by Gasteiger charge is 2.48. The molecule has 19 heavy (non-hydrogen) atoms. The number of nitrogens with zero attached hydrogens (tertiary/aromatic N) is 1. The second-order valence-electron chi connectivity index (χ2n) is 6.18. The van der Waals surface area contributed by atoms with Gasteiger partial charge in [0.05, 0.1) is 19.1 Å². The van der Waals surface area contributed by atoms with E-state index in [-0.39, 0.29) is 17.9 Å². The van der Waals surface area contributed by atoms with Gasteiger partial charge in [0.15, 0.2) is 0 Å². The first-order valence-corrected chi connectivity index (χ1v) is 7.59. The summed E-state index contributed by atoms with van der Waals surface area (Å²) < 4.78 is 5.31. The predicted octanol–water partition coefficient (Wildman–Crippen LogP) is -0.192. The third-order valence-corrected chi connectivity index (χ3v) is 5.11. The van der Waals surface area contributed by atoms with Gasteiger partial charge in [-0.3, -0.25) is 9.69 Å². The Bertz CT molecular complexity index is 329. The van der Waals surface area contributed by atoms with Crippen LogP contribution in [0.2, 0.25) is 0 Å². The van der Waals surface area contributed by atoms with E-state index in [9.17, 15) is 4.79 Å². The van der Waals surface area contributed by atoms with Crippen LogP contribution in [-0.4, -0.2) is 56.2 Å². The van der Waals surface area contributed by atoms with E-state index in [0.717, 1.165) is 39.4 Å². The van der Waals surface area contributed by atoms with E-state index in [1.807, 2.05) is 0 Å². The Kier molecular flexibility index (Phi) is 4.05. The summed E-state index contributed by atoms with van der Waals surface area (Å²) in [7, 11) is 0. The summed E-state index contributed by atoms with van der Waals surface area (Å²) in [6.45, 7) is 5.23. The van der Waals surface area contributed by atoms with E-state index in [4.69, 9.17) is 10.5 Å². The van der Waals surface area contributed by atoms with Crippen LogP contribution in [0.5, 0.6) is 0 Å². The van der Waals surface area contributed by atoms with Gasteiger partial charge >= 0.3 is 0 Å². The minimum atomic E-state index is 0.0726. The van der Waals surface area contributed by atoms with Gasteiger partial charge in [-0.15, -0.1) is 0 Å². The highest BCUT2D eigenvalue weighted by molar-refractivity contribution is 5.80. The number of hydrogen-bond donors (Lipinski definition) is 2. The van der Waals surface area contributed by atoms with Crippen LogP contribution >= 0.6 is 0 Å². The van der Waals surface area contributed by atoms with Gasteiger partial charge in [0.25, 0.3) is 0 Å². The van der Waals surface area contributed by atoms with Crippen molar-refractivity contribution in [3.63, 3.8) is 0 Å². The maximum Gasteiger partial charge on any atom is 0.225 e. The molecule has 0 aromatic carbocycles. The summed E-state index contributed by atoms with van der Waals surface area (Å²) in [5.74, 6) is 1.40. The quantitative estimate of drug-likeness (QED) is 0.741. The Labute approximate surface area is 114 Å². The van der Waals surface area contributed by atoms with Crippen LogP contribution in [0.1, 0.15) is 19.3 Å². The van der Waals surface area contributed by atoms with Crippen LogP contribution in [0, 0.1) is 17.8 Å². The van der Waals surface area contributed by atoms with Crippen LogP contribution in [0.4, 0.5) is 0 Å². The first-order valence-electron chi connectivity index (χ1n) is 7.59. The zero-order valence-corrected chi connectivity index (χ0v) is 11.5. The van der Waals surface area contributed by atoms with Gasteiger partial charge in [0.1, 0.15) is 0 Å². The lowest BCUT2D eigenvalue weighted by molar-refractivity contribution is -0.127. The van der Waals surface area contributed by atoms with Crippen molar-refractivity contribution in [1.29, 1.82) is 0 Å². The monoisotopic (exact) mass is 267 g/mol. The number of carbonyl (C=O) groups is 1. The fourth-order valence-corrected chi connectivity index (χ4v) is 4.00. The molecule has 0 radical (unpaired) electrons. The molecule has 3 rings (SSSR count). The van der Waals surface area contributed by atoms with Crippen molar-refractivity contribution in [3.05, 3.63) is 0 Å². The van der Waals surface area contributed by atoms with Crippen LogP contribution in [-0.2, 0) is 9.53 Å². The molecule has 2 saturated carbocycles. The van der Waals surface area contributed by atoms with Gasteiger partial charge in [0.2, 0.25) is 5.91 Å². The Balaban J connectivity index is 1.41. The molecule has 0 aromatic rings. The Hall–Kier alpha value is -0.650. The van der Waals surface area contributed by atoms with Gasteiger partial charge < -0.3 is 15.8 Å². The molecule has 1 amide bonds. The van der Waals surface area contributed by atoms with Crippen LogP contribution < -0.4 is 11.1 Å². The third kappa shape index (κ3) is 2.78. The molecule has 2 aliphatic carbocycles. The van der Waals surface area contributed by atoms with Crippen molar-refractivity contribution >= 4 is 5.91 Å². The largest absolute Gasteiger partial charge is 0.379 e. The molecule has 0 aromatic heterocycles. The highest BCUT2D eigenvalue weighted by Crippen LogP contribution is 2.47. The molecule has 3 N–H and O–H groups in total. The summed E-state index contributed by atoms with van der Waals surface area (Å²) in [5.41, 5.74) is 6.19. The van der Waals surface area contributed by atoms with Gasteiger partial charge in [-0.25, -0.2) is 0 Å². The first kappa shape index (κ1) is 13.3. The number of morpholine rings is 1. The molecule has 1 aliphatic heterocycles. The lowest BCUT2D eigenvalue weighted by atomic mass is 9.84. The summed E-state index contributed by atoms with van der Waals surface area (Å²) in [4.78, 5) is 14.6. The van der Waals surface area contributed by atoms with Crippen LogP contribution in [0.15, 0.2) is 0 Å². The molecule has 0 spiro atoms. The third-order valence-electron chi connectivity index (χ3n) is 5.11. The summed E-state index contributed by atoms with van der Waals surface area (Å²) in [6.07, 6.45) is 3.59. The van der Waals surface area contributed by atoms with Crippen LogP contribution in [0.25, 0.3) is 0 Å². The van der Waals surface area contributed by atoms with Crippen molar-refractivity contribution in [2.75, 3.05) is 39.4 Å². The van der Waals surface area contributed by atoms with E-state index in [2.05, 4.69) is 10.2 Å². The maximum absolute atomic E-state index is 12.3. The van der Waals surface area contributed by atoms with E-state index in [1.54, 1.807) is 0 Å². The molecule has 2 bridgehead atoms. The summed E-state index contributed by atoms with van der Waals surface area (Å²) in [6, 6.07) is 0.0992. The zero-order chi connectivity index (χ0) is 13.2. The fraction of sp³-hybridized carbons (Fsp3) is 0.929.